The van der Waals surface area contributed by atoms with Crippen LogP contribution in [-0.4, -0.2) is 109 Å². The van der Waals surface area contributed by atoms with Gasteiger partial charge < -0.3 is 39.3 Å². The van der Waals surface area contributed by atoms with Gasteiger partial charge in [-0.1, -0.05) is 58.4 Å². The van der Waals surface area contributed by atoms with E-state index >= 15 is 0 Å². The molecule has 2 N–H and O–H groups in total. The fourth-order valence-electron chi connectivity index (χ4n) is 8.32. The molecule has 8 atom stereocenters. The predicted octanol–water partition coefficient (Wildman–Crippen LogP) is 4.56. The molecule has 2 bridgehead atoms. The molecule has 5 rings (SSSR count). The van der Waals surface area contributed by atoms with Crippen molar-refractivity contribution in [3.05, 3.63) is 85.5 Å². The molecule has 1 unspecified atom stereocenters. The molecule has 3 amide bonds. The van der Waals surface area contributed by atoms with E-state index in [0.717, 1.165) is 18.8 Å². The molecule has 0 aromatic heterocycles. The molecule has 3 heterocycles. The first-order chi connectivity index (χ1) is 26.1. The predicted molar refractivity (Wildman–Crippen MR) is 210 cm³/mol. The highest BCUT2D eigenvalue weighted by molar-refractivity contribution is 9.09. The molecular weight excluding hydrogens is 756 g/mol. The number of carbonyl (C=O) groups is 4. The number of aliphatic hydroxyl groups is 1. The van der Waals surface area contributed by atoms with Gasteiger partial charge in [-0.3, -0.25) is 19.2 Å². The van der Waals surface area contributed by atoms with E-state index in [0.29, 0.717) is 24.1 Å². The van der Waals surface area contributed by atoms with Gasteiger partial charge in [-0.2, -0.15) is 0 Å². The molecule has 0 saturated carbocycles. The number of benzene rings is 2. The molecule has 2 aromatic carbocycles. The molecule has 12 nitrogen and oxygen atoms in total. The van der Waals surface area contributed by atoms with Crippen LogP contribution in [-0.2, 0) is 33.4 Å². The summed E-state index contributed by atoms with van der Waals surface area (Å²) >= 11 is 3.74. The molecule has 3 aliphatic rings. The van der Waals surface area contributed by atoms with Gasteiger partial charge in [-0.15, -0.1) is 13.2 Å². The molecule has 54 heavy (non-hydrogen) atoms. The first kappa shape index (κ1) is 41.1. The third kappa shape index (κ3) is 8.14. The number of aliphatic hydroxyl groups excluding tert-OH is 1. The summed E-state index contributed by atoms with van der Waals surface area (Å²) in [5.74, 6) is -3.77. The maximum atomic E-state index is 14.9. The van der Waals surface area contributed by atoms with Crippen LogP contribution in [0.15, 0.2) is 79.9 Å². The quantitative estimate of drug-likeness (QED) is 0.112. The Labute approximate surface area is 326 Å². The highest BCUT2D eigenvalue weighted by Gasteiger charge is 2.77. The zero-order chi connectivity index (χ0) is 39.0. The number of halogens is 1. The van der Waals surface area contributed by atoms with Crippen LogP contribution < -0.4 is 15.1 Å². The van der Waals surface area contributed by atoms with E-state index in [1.807, 2.05) is 42.5 Å². The average Bonchev–Trinajstić information content (AvgIpc) is 3.77. The minimum atomic E-state index is -1.35. The lowest BCUT2D eigenvalue weighted by atomic mass is 9.70. The van der Waals surface area contributed by atoms with E-state index < -0.39 is 53.6 Å². The number of methoxy groups -OCH3 is 1. The van der Waals surface area contributed by atoms with Gasteiger partial charge in [0, 0.05) is 62.5 Å². The number of anilines is 2. The molecule has 1 spiro atoms. The number of allylic oxidation sites excluding steroid dienone is 1. The summed E-state index contributed by atoms with van der Waals surface area (Å²) in [6.07, 6.45) is 2.77. The largest absolute Gasteiger partial charge is 0.455 e. The lowest BCUT2D eigenvalue weighted by Crippen LogP contribution is -2.57. The van der Waals surface area contributed by atoms with Gasteiger partial charge in [0.1, 0.15) is 17.7 Å². The third-order valence-electron chi connectivity index (χ3n) is 10.7. The van der Waals surface area contributed by atoms with E-state index in [-0.39, 0.29) is 55.8 Å². The number of carbonyl (C=O) groups excluding carboxylic acids is 4. The first-order valence-corrected chi connectivity index (χ1v) is 19.7. The van der Waals surface area contributed by atoms with Crippen molar-refractivity contribution in [3.8, 4) is 0 Å². The minimum Gasteiger partial charge on any atom is -0.455 e. The van der Waals surface area contributed by atoms with Crippen molar-refractivity contribution in [2.75, 3.05) is 56.3 Å². The summed E-state index contributed by atoms with van der Waals surface area (Å²) < 4.78 is 18.5. The van der Waals surface area contributed by atoms with Crippen LogP contribution in [0.2, 0.25) is 0 Å². The summed E-state index contributed by atoms with van der Waals surface area (Å²) in [4.78, 5) is 62.0. The van der Waals surface area contributed by atoms with Crippen molar-refractivity contribution < 1.29 is 38.5 Å². The number of nitrogens with zero attached hydrogens (tertiary/aromatic N) is 3. The van der Waals surface area contributed by atoms with E-state index in [9.17, 15) is 24.3 Å². The fraction of sp³-hybridized carbons (Fsp3) is 0.512. The molecule has 3 aliphatic heterocycles. The van der Waals surface area contributed by atoms with Crippen LogP contribution in [0.25, 0.3) is 0 Å². The average molecular weight is 810 g/mol. The molecule has 2 aromatic rings. The SMILES string of the molecule is C=CCCC(=O)N[C@@H](COC)[C@@H](OC(=O)[C@H]1[C@@H]2O[C@@]3(CC2Br)[C@@H]1C(=O)N(CCCO)[C@@H]3C(=O)N(CC=C)c1ccc(N(CC)CC)cc1)c1ccccc1. The zero-order valence-electron chi connectivity index (χ0n) is 31.4. The summed E-state index contributed by atoms with van der Waals surface area (Å²) in [5.41, 5.74) is 0.940. The standard InChI is InChI=1S/C41H53BrN4O8/c1-6-10-17-32(48)43-31(26-52-5)35(27-15-12-11-13-16-27)53-40(51)33-34-38(49)46(23-14-24-47)37(41(34)25-30(42)36(33)54-41)39(50)45(22-7-2)29-20-18-28(19-21-29)44(8-3)9-4/h6-7,11-13,15-16,18-21,30-31,33-37,47H,1-2,8-10,14,17,22-26H2,3-5H3,(H,43,48)/t30?,31-,33+,34-,35-,36+,37+,41-/m0/s1. The van der Waals surface area contributed by atoms with Gasteiger partial charge in [0.25, 0.3) is 5.91 Å². The molecule has 0 aliphatic carbocycles. The topological polar surface area (TPSA) is 138 Å². The number of hydrogen-bond donors (Lipinski definition) is 2. The Bertz CT molecular complexity index is 1640. The van der Waals surface area contributed by atoms with Crippen molar-refractivity contribution >= 4 is 51.0 Å². The van der Waals surface area contributed by atoms with Gasteiger partial charge in [-0.05, 0) is 62.9 Å². The molecule has 292 valence electrons. The summed E-state index contributed by atoms with van der Waals surface area (Å²) in [5, 5.41) is 12.8. The van der Waals surface area contributed by atoms with Crippen molar-refractivity contribution in [2.24, 2.45) is 11.8 Å². The van der Waals surface area contributed by atoms with E-state index in [4.69, 9.17) is 14.2 Å². The molecule has 13 heteroatoms. The highest BCUT2D eigenvalue weighted by atomic mass is 79.9. The molecule has 0 radical (unpaired) electrons. The number of rotatable bonds is 20. The van der Waals surface area contributed by atoms with Crippen LogP contribution in [0.4, 0.5) is 11.4 Å². The lowest BCUT2D eigenvalue weighted by Gasteiger charge is -2.37. The van der Waals surface area contributed by atoms with E-state index in [1.54, 1.807) is 29.2 Å². The fourth-order valence-corrected chi connectivity index (χ4v) is 9.26. The zero-order valence-corrected chi connectivity index (χ0v) is 33.0. The van der Waals surface area contributed by atoms with Crippen molar-refractivity contribution in [1.29, 1.82) is 0 Å². The van der Waals surface area contributed by atoms with Crippen LogP contribution in [0.3, 0.4) is 0 Å². The number of esters is 1. The molecule has 3 saturated heterocycles. The smallest absolute Gasteiger partial charge is 0.313 e. The Balaban J connectivity index is 1.50. The number of hydrogen-bond acceptors (Lipinski definition) is 9. The van der Waals surface area contributed by atoms with Gasteiger partial charge in [0.15, 0.2) is 0 Å². The van der Waals surface area contributed by atoms with Crippen molar-refractivity contribution in [1.82, 2.24) is 10.2 Å². The van der Waals surface area contributed by atoms with Crippen LogP contribution >= 0.6 is 15.9 Å². The van der Waals surface area contributed by atoms with Gasteiger partial charge >= 0.3 is 5.97 Å². The molecule has 3 fully saturated rings. The second-order valence-corrected chi connectivity index (χ2v) is 15.1. The summed E-state index contributed by atoms with van der Waals surface area (Å²) in [7, 11) is 1.50. The summed E-state index contributed by atoms with van der Waals surface area (Å²) in [6, 6.07) is 14.9. The maximum Gasteiger partial charge on any atom is 0.313 e. The number of likely N-dealkylation sites (tertiary alicyclic amines) is 1. The number of nitrogens with one attached hydrogen (secondary N) is 1. The van der Waals surface area contributed by atoms with Gasteiger partial charge in [0.05, 0.1) is 30.6 Å². The van der Waals surface area contributed by atoms with Crippen molar-refractivity contribution in [3.63, 3.8) is 0 Å². The van der Waals surface area contributed by atoms with Gasteiger partial charge in [0.2, 0.25) is 11.8 Å². The highest BCUT2D eigenvalue weighted by Crippen LogP contribution is 2.60. The monoisotopic (exact) mass is 808 g/mol. The second kappa shape index (κ2) is 18.5. The Morgan fingerprint density at radius 1 is 1.09 bits per heavy atom. The van der Waals surface area contributed by atoms with Crippen LogP contribution in [0, 0.1) is 11.8 Å². The second-order valence-electron chi connectivity index (χ2n) is 13.9. The lowest BCUT2D eigenvalue weighted by molar-refractivity contribution is -0.163. The number of amides is 3. The Kier molecular flexibility index (Phi) is 14.1. The van der Waals surface area contributed by atoms with E-state index in [2.05, 4.69) is 53.2 Å². The number of alkyl halides is 1. The minimum absolute atomic E-state index is 0.0468. The number of fused-ring (bicyclic) bond motifs is 1. The Morgan fingerprint density at radius 2 is 1.78 bits per heavy atom. The third-order valence-corrected chi connectivity index (χ3v) is 11.6. The van der Waals surface area contributed by atoms with Crippen LogP contribution in [0.5, 0.6) is 0 Å². The van der Waals surface area contributed by atoms with Crippen LogP contribution in [0.1, 0.15) is 51.2 Å². The summed E-state index contributed by atoms with van der Waals surface area (Å²) in [6.45, 7) is 13.5. The normalized spacial score (nSPS) is 25.1. The molecular formula is C41H53BrN4O8. The first-order valence-electron chi connectivity index (χ1n) is 18.8. The Morgan fingerprint density at radius 3 is 2.39 bits per heavy atom. The van der Waals surface area contributed by atoms with Gasteiger partial charge in [-0.25, -0.2) is 0 Å². The number of ether oxygens (including phenoxy) is 3. The van der Waals surface area contributed by atoms with Crippen molar-refractivity contribution in [2.45, 2.75) is 74.3 Å². The Hall–Kier alpha value is -4.04. The van der Waals surface area contributed by atoms with E-state index in [1.165, 1.54) is 12.0 Å². The maximum absolute atomic E-state index is 14.9.